The lowest BCUT2D eigenvalue weighted by Gasteiger charge is -2.09. The Hall–Kier alpha value is -2.93. The molecule has 1 N–H and O–H groups in total. The van der Waals surface area contributed by atoms with E-state index >= 15 is 0 Å². The fourth-order valence-electron chi connectivity index (χ4n) is 2.48. The van der Waals surface area contributed by atoms with Gasteiger partial charge in [-0.1, -0.05) is 18.2 Å². The summed E-state index contributed by atoms with van der Waals surface area (Å²) < 4.78 is 13.3. The number of carbonyl (C=O) groups excluding carboxylic acids is 1. The van der Waals surface area contributed by atoms with Crippen molar-refractivity contribution in [1.29, 1.82) is 0 Å². The molecule has 1 aliphatic heterocycles. The Morgan fingerprint density at radius 3 is 2.69 bits per heavy atom. The van der Waals surface area contributed by atoms with Gasteiger partial charge in [-0.15, -0.1) is 0 Å². The summed E-state index contributed by atoms with van der Waals surface area (Å²) in [6.45, 7) is 1.67. The number of aromatic carboxylic acids is 1. The van der Waals surface area contributed by atoms with Crippen molar-refractivity contribution < 1.29 is 19.1 Å². The molecule has 26 heavy (non-hydrogen) atoms. The Labute approximate surface area is 153 Å². The number of rotatable bonds is 3. The lowest BCUT2D eigenvalue weighted by Crippen LogP contribution is -2.23. The van der Waals surface area contributed by atoms with Gasteiger partial charge in [0.1, 0.15) is 5.82 Å². The number of hydrogen-bond donors (Lipinski definition) is 1. The van der Waals surface area contributed by atoms with E-state index in [1.54, 1.807) is 44.3 Å². The molecule has 2 aromatic carbocycles. The number of nitrogens with zero attached hydrogens (tertiary/aromatic N) is 2. The summed E-state index contributed by atoms with van der Waals surface area (Å²) >= 11 is 1.16. The highest BCUT2D eigenvalue weighted by Gasteiger charge is 2.30. The fourth-order valence-corrected chi connectivity index (χ4v) is 3.46. The second-order valence-corrected chi connectivity index (χ2v) is 6.69. The van der Waals surface area contributed by atoms with Crippen LogP contribution in [0.4, 0.5) is 10.1 Å². The number of likely N-dealkylation sites (N-methyl/N-ethyl adjacent to an activating group) is 1. The first-order valence-corrected chi connectivity index (χ1v) is 8.53. The maximum absolute atomic E-state index is 13.3. The summed E-state index contributed by atoms with van der Waals surface area (Å²) in [5.41, 5.74) is 1.76. The number of amides is 1. The summed E-state index contributed by atoms with van der Waals surface area (Å²) in [7, 11) is 1.59. The minimum atomic E-state index is -1.03. The van der Waals surface area contributed by atoms with Gasteiger partial charge in [-0.05, 0) is 60.2 Å². The maximum Gasteiger partial charge on any atom is 0.336 e. The zero-order chi connectivity index (χ0) is 18.8. The number of amidine groups is 1. The lowest BCUT2D eigenvalue weighted by molar-refractivity contribution is -0.121. The molecule has 7 heteroatoms. The quantitative estimate of drug-likeness (QED) is 0.827. The van der Waals surface area contributed by atoms with E-state index in [9.17, 15) is 19.1 Å². The Morgan fingerprint density at radius 1 is 1.27 bits per heavy atom. The minimum absolute atomic E-state index is 0.166. The predicted octanol–water partition coefficient (Wildman–Crippen LogP) is 4.07. The number of benzene rings is 2. The molecule has 132 valence electrons. The highest BCUT2D eigenvalue weighted by atomic mass is 32.2. The highest BCUT2D eigenvalue weighted by molar-refractivity contribution is 8.18. The topological polar surface area (TPSA) is 70.0 Å². The van der Waals surface area contributed by atoms with E-state index in [-0.39, 0.29) is 17.3 Å². The van der Waals surface area contributed by atoms with Gasteiger partial charge in [-0.25, -0.2) is 14.2 Å². The summed E-state index contributed by atoms with van der Waals surface area (Å²) in [6, 6.07) is 10.8. The predicted molar refractivity (Wildman–Crippen MR) is 100.0 cm³/mol. The van der Waals surface area contributed by atoms with Crippen molar-refractivity contribution in [3.8, 4) is 0 Å². The number of aliphatic imine (C=N–C) groups is 1. The number of halogens is 1. The molecule has 0 aromatic heterocycles. The number of carboxylic acid groups (broad SMARTS) is 1. The van der Waals surface area contributed by atoms with E-state index in [0.717, 1.165) is 11.8 Å². The minimum Gasteiger partial charge on any atom is -0.478 e. The molecule has 1 fully saturated rings. The molecule has 1 aliphatic rings. The van der Waals surface area contributed by atoms with Crippen molar-refractivity contribution in [2.45, 2.75) is 6.92 Å². The van der Waals surface area contributed by atoms with Gasteiger partial charge in [-0.2, -0.15) is 0 Å². The van der Waals surface area contributed by atoms with Crippen molar-refractivity contribution >= 4 is 40.6 Å². The molecule has 1 saturated heterocycles. The molecule has 0 radical (unpaired) electrons. The summed E-state index contributed by atoms with van der Waals surface area (Å²) in [6.07, 6.45) is 1.61. The van der Waals surface area contributed by atoms with Crippen LogP contribution in [0.5, 0.6) is 0 Å². The van der Waals surface area contributed by atoms with Gasteiger partial charge in [0.05, 0.1) is 16.2 Å². The molecule has 1 heterocycles. The highest BCUT2D eigenvalue weighted by Crippen LogP contribution is 2.34. The zero-order valence-electron chi connectivity index (χ0n) is 14.1. The first-order chi connectivity index (χ1) is 12.4. The van der Waals surface area contributed by atoms with Crippen LogP contribution in [-0.4, -0.2) is 34.1 Å². The van der Waals surface area contributed by atoms with E-state index < -0.39 is 5.97 Å². The van der Waals surface area contributed by atoms with Crippen LogP contribution < -0.4 is 0 Å². The molecule has 5 nitrogen and oxygen atoms in total. The van der Waals surface area contributed by atoms with Gasteiger partial charge in [0.25, 0.3) is 5.91 Å². The Morgan fingerprint density at radius 2 is 2.00 bits per heavy atom. The van der Waals surface area contributed by atoms with Gasteiger partial charge < -0.3 is 5.11 Å². The van der Waals surface area contributed by atoms with Crippen LogP contribution in [0.3, 0.4) is 0 Å². The van der Waals surface area contributed by atoms with Gasteiger partial charge in [0.2, 0.25) is 0 Å². The SMILES string of the molecule is Cc1c(N=C2S/C(=C\c3cccc(F)c3)C(=O)N2C)cccc1C(=O)O. The Bertz CT molecular complexity index is 969. The Balaban J connectivity index is 1.96. The van der Waals surface area contributed by atoms with Crippen LogP contribution in [0.1, 0.15) is 21.5 Å². The molecule has 0 aliphatic carbocycles. The van der Waals surface area contributed by atoms with Gasteiger partial charge in [-0.3, -0.25) is 9.69 Å². The summed E-state index contributed by atoms with van der Waals surface area (Å²) in [5, 5.41) is 9.65. The largest absolute Gasteiger partial charge is 0.478 e. The number of carboxylic acids is 1. The summed E-state index contributed by atoms with van der Waals surface area (Å²) in [5.74, 6) is -1.65. The molecule has 0 atom stereocenters. The second kappa shape index (κ2) is 7.13. The maximum atomic E-state index is 13.3. The van der Waals surface area contributed by atoms with Crippen LogP contribution >= 0.6 is 11.8 Å². The first-order valence-electron chi connectivity index (χ1n) is 7.71. The molecule has 0 unspecified atom stereocenters. The van der Waals surface area contributed by atoms with E-state index in [4.69, 9.17) is 0 Å². The molecule has 0 saturated carbocycles. The van der Waals surface area contributed by atoms with E-state index in [1.807, 2.05) is 0 Å². The third-order valence-corrected chi connectivity index (χ3v) is 4.96. The molecule has 0 bridgehead atoms. The molecular weight excluding hydrogens is 355 g/mol. The average Bonchev–Trinajstić information content (AvgIpc) is 2.84. The van der Waals surface area contributed by atoms with Crippen molar-refractivity contribution in [3.63, 3.8) is 0 Å². The standard InChI is InChI=1S/C19H15FN2O3S/c1-11-14(18(24)25)7-4-8-15(11)21-19-22(2)17(23)16(26-19)10-12-5-3-6-13(20)9-12/h3-10H,1-2H3,(H,24,25)/b16-10-,21-19?. The third kappa shape index (κ3) is 3.52. The van der Waals surface area contributed by atoms with Crippen molar-refractivity contribution in [3.05, 3.63) is 69.9 Å². The van der Waals surface area contributed by atoms with Crippen LogP contribution in [-0.2, 0) is 4.79 Å². The summed E-state index contributed by atoms with van der Waals surface area (Å²) in [4.78, 5) is 29.9. The van der Waals surface area contributed by atoms with Crippen LogP contribution in [0, 0.1) is 12.7 Å². The second-order valence-electron chi connectivity index (χ2n) is 5.68. The molecular formula is C19H15FN2O3S. The molecule has 2 aromatic rings. The first kappa shape index (κ1) is 17.9. The number of thioether (sulfide) groups is 1. The van der Waals surface area contributed by atoms with Gasteiger partial charge in [0.15, 0.2) is 5.17 Å². The number of hydrogen-bond acceptors (Lipinski definition) is 4. The van der Waals surface area contributed by atoms with Gasteiger partial charge in [0, 0.05) is 7.05 Å². The molecule has 0 spiro atoms. The normalized spacial score (nSPS) is 17.3. The Kier molecular flexibility index (Phi) is 4.90. The van der Waals surface area contributed by atoms with Crippen LogP contribution in [0.2, 0.25) is 0 Å². The fraction of sp³-hybridized carbons (Fsp3) is 0.105. The van der Waals surface area contributed by atoms with E-state index in [2.05, 4.69) is 4.99 Å². The van der Waals surface area contributed by atoms with E-state index in [0.29, 0.717) is 26.9 Å². The van der Waals surface area contributed by atoms with Crippen LogP contribution in [0.15, 0.2) is 52.4 Å². The van der Waals surface area contributed by atoms with Crippen molar-refractivity contribution in [2.24, 2.45) is 4.99 Å². The van der Waals surface area contributed by atoms with Crippen molar-refractivity contribution in [2.75, 3.05) is 7.05 Å². The van der Waals surface area contributed by atoms with Crippen molar-refractivity contribution in [1.82, 2.24) is 4.90 Å². The zero-order valence-corrected chi connectivity index (χ0v) is 14.9. The third-order valence-electron chi connectivity index (χ3n) is 3.90. The lowest BCUT2D eigenvalue weighted by atomic mass is 10.1. The number of carbonyl (C=O) groups is 2. The average molecular weight is 370 g/mol. The smallest absolute Gasteiger partial charge is 0.336 e. The van der Waals surface area contributed by atoms with Crippen LogP contribution in [0.25, 0.3) is 6.08 Å². The van der Waals surface area contributed by atoms with Gasteiger partial charge >= 0.3 is 5.97 Å². The monoisotopic (exact) mass is 370 g/mol. The van der Waals surface area contributed by atoms with E-state index in [1.165, 1.54) is 23.1 Å². The molecule has 3 rings (SSSR count). The molecule has 1 amide bonds.